The number of nitrogens with zero attached hydrogens (tertiary/aromatic N) is 3. The highest BCUT2D eigenvalue weighted by molar-refractivity contribution is 5.92. The van der Waals surface area contributed by atoms with Gasteiger partial charge in [0.1, 0.15) is 0 Å². The highest BCUT2D eigenvalue weighted by Crippen LogP contribution is 2.25. The molecule has 0 spiro atoms. The summed E-state index contributed by atoms with van der Waals surface area (Å²) < 4.78 is 0. The molecule has 2 atom stereocenters. The van der Waals surface area contributed by atoms with Gasteiger partial charge in [-0.1, -0.05) is 18.2 Å². The molecule has 22 heavy (non-hydrogen) atoms. The molecule has 1 aliphatic carbocycles. The molecule has 1 aromatic carbocycles. The second-order valence-electron chi connectivity index (χ2n) is 5.37. The Morgan fingerprint density at radius 2 is 2.00 bits per heavy atom. The van der Waals surface area contributed by atoms with Gasteiger partial charge in [-0.3, -0.25) is 9.59 Å². The number of nitrogens with one attached hydrogen (secondary N) is 1. The summed E-state index contributed by atoms with van der Waals surface area (Å²) in [6, 6.07) is 9.19. The average Bonchev–Trinajstić information content (AvgIpc) is 3.17. The molecule has 3 rings (SSSR count). The molecule has 114 valence electrons. The molecule has 2 N–H and O–H groups in total. The van der Waals surface area contributed by atoms with Crippen LogP contribution in [-0.4, -0.2) is 38.0 Å². The topological polar surface area (TPSA) is 97.1 Å². The van der Waals surface area contributed by atoms with Crippen molar-refractivity contribution < 1.29 is 14.7 Å². The fraction of sp³-hybridized carbons (Fsp3) is 0.333. The lowest BCUT2D eigenvalue weighted by molar-refractivity contribution is -0.141. The van der Waals surface area contributed by atoms with Crippen molar-refractivity contribution >= 4 is 11.9 Å². The second kappa shape index (κ2) is 5.97. The minimum absolute atomic E-state index is 0.115. The first-order chi connectivity index (χ1) is 10.6. The van der Waals surface area contributed by atoms with E-state index in [1.165, 1.54) is 11.0 Å². The number of carboxylic acids is 1. The minimum Gasteiger partial charge on any atom is -0.481 e. The first kappa shape index (κ1) is 14.2. The van der Waals surface area contributed by atoms with Crippen molar-refractivity contribution in [2.24, 2.45) is 5.92 Å². The monoisotopic (exact) mass is 300 g/mol. The number of carbonyl (C=O) groups excluding carboxylic acids is 1. The Labute approximate surface area is 126 Å². The summed E-state index contributed by atoms with van der Waals surface area (Å²) in [6.07, 6.45) is 3.15. The predicted octanol–water partition coefficient (Wildman–Crippen LogP) is 1.25. The second-order valence-corrected chi connectivity index (χ2v) is 5.37. The summed E-state index contributed by atoms with van der Waals surface area (Å²) in [5.41, 5.74) is 0.996. The highest BCUT2D eigenvalue weighted by atomic mass is 16.4. The van der Waals surface area contributed by atoms with Gasteiger partial charge in [-0.2, -0.15) is 9.90 Å². The molecule has 7 nitrogen and oxygen atoms in total. The molecule has 1 amide bonds. The van der Waals surface area contributed by atoms with E-state index in [9.17, 15) is 9.59 Å². The zero-order chi connectivity index (χ0) is 15.5. The lowest BCUT2D eigenvalue weighted by Crippen LogP contribution is -2.33. The van der Waals surface area contributed by atoms with Crippen LogP contribution in [0.5, 0.6) is 0 Å². The van der Waals surface area contributed by atoms with Crippen molar-refractivity contribution in [1.29, 1.82) is 0 Å². The van der Waals surface area contributed by atoms with E-state index in [1.54, 1.807) is 0 Å². The number of hydrogen-bond acceptors (Lipinski definition) is 4. The molecular formula is C15H16N4O3. The Kier molecular flexibility index (Phi) is 3.86. The molecule has 2 aromatic rings. The van der Waals surface area contributed by atoms with Crippen molar-refractivity contribution in [1.82, 2.24) is 20.3 Å². The lowest BCUT2D eigenvalue weighted by atomic mass is 10.1. The summed E-state index contributed by atoms with van der Waals surface area (Å²) in [6.45, 7) is 0. The van der Waals surface area contributed by atoms with E-state index < -0.39 is 5.97 Å². The van der Waals surface area contributed by atoms with Gasteiger partial charge in [-0.15, -0.1) is 5.10 Å². The van der Waals surface area contributed by atoms with Crippen LogP contribution >= 0.6 is 0 Å². The van der Waals surface area contributed by atoms with Crippen LogP contribution < -0.4 is 5.32 Å². The fourth-order valence-corrected chi connectivity index (χ4v) is 2.65. The minimum atomic E-state index is -0.799. The highest BCUT2D eigenvalue weighted by Gasteiger charge is 2.31. The molecule has 1 fully saturated rings. The molecule has 1 heterocycles. The zero-order valence-electron chi connectivity index (χ0n) is 11.8. The number of carboxylic acid groups (broad SMARTS) is 1. The van der Waals surface area contributed by atoms with Gasteiger partial charge in [0.25, 0.3) is 5.91 Å². The first-order valence-corrected chi connectivity index (χ1v) is 7.15. The maximum absolute atomic E-state index is 12.1. The Bertz CT molecular complexity index is 683. The van der Waals surface area contributed by atoms with Gasteiger partial charge in [-0.25, -0.2) is 0 Å². The van der Waals surface area contributed by atoms with E-state index in [0.717, 1.165) is 5.69 Å². The summed E-state index contributed by atoms with van der Waals surface area (Å²) >= 11 is 0. The number of benzene rings is 1. The number of amides is 1. The SMILES string of the molecule is O=C(N[C@@H]1CC[C@H](C(=O)O)C1)c1cnn(-c2ccccc2)n1. The number of aromatic nitrogens is 3. The summed E-state index contributed by atoms with van der Waals surface area (Å²) in [5.74, 6) is -1.49. The van der Waals surface area contributed by atoms with Crippen molar-refractivity contribution in [3.8, 4) is 5.69 Å². The van der Waals surface area contributed by atoms with Gasteiger partial charge in [-0.05, 0) is 31.4 Å². The number of para-hydroxylation sites is 1. The lowest BCUT2D eigenvalue weighted by Gasteiger charge is -2.10. The van der Waals surface area contributed by atoms with E-state index in [-0.39, 0.29) is 23.6 Å². The van der Waals surface area contributed by atoms with E-state index >= 15 is 0 Å². The van der Waals surface area contributed by atoms with Crippen LogP contribution in [0.3, 0.4) is 0 Å². The maximum Gasteiger partial charge on any atom is 0.306 e. The largest absolute Gasteiger partial charge is 0.481 e. The van der Waals surface area contributed by atoms with Crippen LogP contribution in [0.2, 0.25) is 0 Å². The Morgan fingerprint density at radius 1 is 1.23 bits per heavy atom. The molecule has 1 aromatic heterocycles. The van der Waals surface area contributed by atoms with Crippen LogP contribution in [0.25, 0.3) is 5.69 Å². The van der Waals surface area contributed by atoms with Gasteiger partial charge in [0.15, 0.2) is 5.69 Å². The van der Waals surface area contributed by atoms with Gasteiger partial charge in [0, 0.05) is 6.04 Å². The number of rotatable bonds is 4. The van der Waals surface area contributed by atoms with Crippen molar-refractivity contribution in [2.45, 2.75) is 25.3 Å². The average molecular weight is 300 g/mol. The van der Waals surface area contributed by atoms with Gasteiger partial charge < -0.3 is 10.4 Å². The van der Waals surface area contributed by atoms with E-state index in [0.29, 0.717) is 19.3 Å². The first-order valence-electron chi connectivity index (χ1n) is 7.15. The fourth-order valence-electron chi connectivity index (χ4n) is 2.65. The normalized spacial score (nSPS) is 20.7. The third-order valence-corrected chi connectivity index (χ3v) is 3.83. The molecule has 0 saturated heterocycles. The Hall–Kier alpha value is -2.70. The summed E-state index contributed by atoms with van der Waals surface area (Å²) in [4.78, 5) is 24.5. The van der Waals surface area contributed by atoms with Gasteiger partial charge in [0.05, 0.1) is 17.8 Å². The quantitative estimate of drug-likeness (QED) is 0.885. The van der Waals surface area contributed by atoms with Crippen LogP contribution in [0, 0.1) is 5.92 Å². The summed E-state index contributed by atoms with van der Waals surface area (Å²) in [7, 11) is 0. The van der Waals surface area contributed by atoms with E-state index in [2.05, 4.69) is 15.5 Å². The Morgan fingerprint density at radius 3 is 2.68 bits per heavy atom. The van der Waals surface area contributed by atoms with Crippen LogP contribution in [-0.2, 0) is 4.79 Å². The van der Waals surface area contributed by atoms with Crippen LogP contribution in [0.4, 0.5) is 0 Å². The van der Waals surface area contributed by atoms with Crippen molar-refractivity contribution in [3.63, 3.8) is 0 Å². The van der Waals surface area contributed by atoms with Crippen LogP contribution in [0.15, 0.2) is 36.5 Å². The van der Waals surface area contributed by atoms with Crippen molar-refractivity contribution in [3.05, 3.63) is 42.2 Å². The number of carbonyl (C=O) groups is 2. The van der Waals surface area contributed by atoms with Crippen LogP contribution in [0.1, 0.15) is 29.8 Å². The van der Waals surface area contributed by atoms with Gasteiger partial charge in [0.2, 0.25) is 0 Å². The summed E-state index contributed by atoms with van der Waals surface area (Å²) in [5, 5.41) is 20.0. The zero-order valence-corrected chi connectivity index (χ0v) is 11.8. The number of aliphatic carboxylic acids is 1. The maximum atomic E-state index is 12.1. The van der Waals surface area contributed by atoms with E-state index in [1.807, 2.05) is 30.3 Å². The molecule has 1 saturated carbocycles. The predicted molar refractivity (Wildman–Crippen MR) is 77.6 cm³/mol. The molecule has 0 aliphatic heterocycles. The third kappa shape index (κ3) is 2.98. The molecule has 0 unspecified atom stereocenters. The van der Waals surface area contributed by atoms with E-state index in [4.69, 9.17) is 5.11 Å². The molecular weight excluding hydrogens is 284 g/mol. The molecule has 0 bridgehead atoms. The molecule has 1 aliphatic rings. The molecule has 7 heteroatoms. The number of hydrogen-bond donors (Lipinski definition) is 2. The smallest absolute Gasteiger partial charge is 0.306 e. The third-order valence-electron chi connectivity index (χ3n) is 3.83. The van der Waals surface area contributed by atoms with Crippen molar-refractivity contribution in [2.75, 3.05) is 0 Å². The standard InChI is InChI=1S/C15H16N4O3/c20-14(17-11-7-6-10(8-11)15(21)22)13-9-16-19(18-13)12-4-2-1-3-5-12/h1-5,9-11H,6-8H2,(H,17,20)(H,21,22)/t10-,11+/m0/s1. The molecule has 0 radical (unpaired) electrons. The van der Waals surface area contributed by atoms with Gasteiger partial charge >= 0.3 is 5.97 Å². The Balaban J connectivity index is 1.64.